The maximum atomic E-state index is 12.3. The van der Waals surface area contributed by atoms with E-state index in [0.717, 1.165) is 16.9 Å². The summed E-state index contributed by atoms with van der Waals surface area (Å²) < 4.78 is 5.11. The Labute approximate surface area is 173 Å². The molecule has 3 aromatic rings. The van der Waals surface area contributed by atoms with Gasteiger partial charge in [-0.25, -0.2) is 0 Å². The maximum Gasteiger partial charge on any atom is 0.286 e. The van der Waals surface area contributed by atoms with Crippen LogP contribution in [0.1, 0.15) is 32.4 Å². The molecule has 0 saturated heterocycles. The van der Waals surface area contributed by atoms with Crippen LogP contribution in [0.3, 0.4) is 0 Å². The van der Waals surface area contributed by atoms with Gasteiger partial charge in [0.25, 0.3) is 5.91 Å². The second-order valence-corrected chi connectivity index (χ2v) is 7.51. The van der Waals surface area contributed by atoms with E-state index in [0.29, 0.717) is 23.7 Å². The van der Waals surface area contributed by atoms with Crippen LogP contribution in [0.4, 0.5) is 5.69 Å². The van der Waals surface area contributed by atoms with Crippen LogP contribution in [-0.4, -0.2) is 29.1 Å². The molecule has 2 amide bonds. The number of anilines is 1. The van der Waals surface area contributed by atoms with Crippen LogP contribution in [0.25, 0.3) is 0 Å². The third-order valence-electron chi connectivity index (χ3n) is 4.19. The van der Waals surface area contributed by atoms with Crippen molar-refractivity contribution in [1.29, 1.82) is 0 Å². The summed E-state index contributed by atoms with van der Waals surface area (Å²) in [7, 11) is 1.61. The highest BCUT2D eigenvalue weighted by molar-refractivity contribution is 7.13. The van der Waals surface area contributed by atoms with Crippen molar-refractivity contribution in [3.63, 3.8) is 0 Å². The van der Waals surface area contributed by atoms with E-state index in [1.54, 1.807) is 7.11 Å². The van der Waals surface area contributed by atoms with Crippen molar-refractivity contribution in [1.82, 2.24) is 15.5 Å². The lowest BCUT2D eigenvalue weighted by molar-refractivity contribution is -0.121. The molecule has 0 aliphatic heterocycles. The number of carbonyl (C=O) groups is 2. The molecule has 7 nitrogen and oxygen atoms in total. The minimum atomic E-state index is -0.304. The first-order chi connectivity index (χ1) is 14.0. The Morgan fingerprint density at radius 3 is 2.45 bits per heavy atom. The highest BCUT2D eigenvalue weighted by atomic mass is 32.1. The number of benzene rings is 2. The van der Waals surface area contributed by atoms with Crippen molar-refractivity contribution in [2.45, 2.75) is 26.3 Å². The van der Waals surface area contributed by atoms with Crippen molar-refractivity contribution < 1.29 is 14.3 Å². The number of aromatic nitrogens is 2. The van der Waals surface area contributed by atoms with E-state index in [1.165, 1.54) is 11.3 Å². The van der Waals surface area contributed by atoms with Gasteiger partial charge in [0, 0.05) is 25.1 Å². The number of amides is 2. The highest BCUT2D eigenvalue weighted by Crippen LogP contribution is 2.15. The number of rotatable bonds is 8. The van der Waals surface area contributed by atoms with Gasteiger partial charge in [0.15, 0.2) is 0 Å². The number of ether oxygens (including phenoxy) is 1. The third-order valence-corrected chi connectivity index (χ3v) is 5.17. The summed E-state index contributed by atoms with van der Waals surface area (Å²) in [6.07, 6.45) is 0.717. The summed E-state index contributed by atoms with van der Waals surface area (Å²) in [6.45, 7) is 2.43. The van der Waals surface area contributed by atoms with E-state index < -0.39 is 0 Å². The Bertz CT molecular complexity index is 968. The molecular weight excluding hydrogens is 388 g/mol. The summed E-state index contributed by atoms with van der Waals surface area (Å²) in [6, 6.07) is 15.0. The Hall–Kier alpha value is -3.26. The van der Waals surface area contributed by atoms with Gasteiger partial charge in [-0.1, -0.05) is 41.2 Å². The zero-order valence-electron chi connectivity index (χ0n) is 16.3. The molecular formula is C21H22N4O3S. The molecule has 0 aliphatic carbocycles. The average Bonchev–Trinajstić information content (AvgIpc) is 3.22. The van der Waals surface area contributed by atoms with E-state index in [4.69, 9.17) is 4.74 Å². The van der Waals surface area contributed by atoms with Gasteiger partial charge in [-0.3, -0.25) is 9.59 Å². The molecule has 2 N–H and O–H groups in total. The maximum absolute atomic E-state index is 12.3. The lowest BCUT2D eigenvalue weighted by atomic mass is 10.2. The molecule has 2 aromatic carbocycles. The van der Waals surface area contributed by atoms with E-state index in [-0.39, 0.29) is 23.2 Å². The number of nitrogens with zero attached hydrogens (tertiary/aromatic N) is 2. The number of methoxy groups -OCH3 is 1. The first-order valence-electron chi connectivity index (χ1n) is 9.13. The van der Waals surface area contributed by atoms with E-state index in [2.05, 4.69) is 20.8 Å². The van der Waals surface area contributed by atoms with Crippen LogP contribution in [0, 0.1) is 6.92 Å². The predicted octanol–water partition coefficient (Wildman–Crippen LogP) is 3.36. The van der Waals surface area contributed by atoms with Crippen molar-refractivity contribution >= 4 is 28.8 Å². The van der Waals surface area contributed by atoms with Gasteiger partial charge in [-0.15, -0.1) is 10.2 Å². The van der Waals surface area contributed by atoms with Crippen LogP contribution in [0.2, 0.25) is 0 Å². The first-order valence-corrected chi connectivity index (χ1v) is 9.95. The monoisotopic (exact) mass is 410 g/mol. The number of nitrogens with one attached hydrogen (secondary N) is 2. The van der Waals surface area contributed by atoms with Crippen LogP contribution < -0.4 is 15.4 Å². The number of hydrogen-bond acceptors (Lipinski definition) is 6. The standard InChI is InChI=1S/C21H22N4O3S/c1-14-3-7-16(8-4-14)23-20(27)21-25-24-19(29-21)12-11-18(26)22-13-15-5-9-17(28-2)10-6-15/h3-10H,11-13H2,1-2H3,(H,22,26)(H,23,27). The Kier molecular flexibility index (Phi) is 6.91. The molecule has 150 valence electrons. The molecule has 1 heterocycles. The summed E-state index contributed by atoms with van der Waals surface area (Å²) >= 11 is 1.20. The smallest absolute Gasteiger partial charge is 0.286 e. The predicted molar refractivity (Wildman–Crippen MR) is 112 cm³/mol. The molecule has 0 saturated carbocycles. The normalized spacial score (nSPS) is 10.4. The topological polar surface area (TPSA) is 93.2 Å². The molecule has 0 fully saturated rings. The third kappa shape index (κ3) is 6.11. The Morgan fingerprint density at radius 1 is 1.03 bits per heavy atom. The summed E-state index contributed by atoms with van der Waals surface area (Å²) in [4.78, 5) is 24.3. The lowest BCUT2D eigenvalue weighted by Gasteiger charge is -2.05. The van der Waals surface area contributed by atoms with E-state index >= 15 is 0 Å². The fourth-order valence-corrected chi connectivity index (χ4v) is 3.26. The summed E-state index contributed by atoms with van der Waals surface area (Å²) in [5, 5.41) is 14.5. The number of aryl methyl sites for hydroxylation is 2. The van der Waals surface area contributed by atoms with Crippen molar-refractivity contribution in [3.8, 4) is 5.75 Å². The van der Waals surface area contributed by atoms with Crippen LogP contribution in [-0.2, 0) is 17.8 Å². The van der Waals surface area contributed by atoms with Crippen LogP contribution in [0.5, 0.6) is 5.75 Å². The molecule has 0 radical (unpaired) electrons. The second kappa shape index (κ2) is 9.79. The van der Waals surface area contributed by atoms with Crippen LogP contribution in [0.15, 0.2) is 48.5 Å². The molecule has 8 heteroatoms. The Balaban J connectivity index is 1.44. The fraction of sp³-hybridized carbons (Fsp3) is 0.238. The van der Waals surface area contributed by atoms with Gasteiger partial charge < -0.3 is 15.4 Å². The molecule has 0 aliphatic rings. The van der Waals surface area contributed by atoms with E-state index in [9.17, 15) is 9.59 Å². The number of hydrogen-bond donors (Lipinski definition) is 2. The largest absolute Gasteiger partial charge is 0.497 e. The average molecular weight is 410 g/mol. The summed E-state index contributed by atoms with van der Waals surface area (Å²) in [5.41, 5.74) is 2.81. The molecule has 3 rings (SSSR count). The summed E-state index contributed by atoms with van der Waals surface area (Å²) in [5.74, 6) is 0.391. The van der Waals surface area contributed by atoms with Gasteiger partial charge in [0.05, 0.1) is 7.11 Å². The Morgan fingerprint density at radius 2 is 1.76 bits per heavy atom. The zero-order valence-corrected chi connectivity index (χ0v) is 17.1. The minimum absolute atomic E-state index is 0.0818. The van der Waals surface area contributed by atoms with Crippen LogP contribution >= 0.6 is 11.3 Å². The molecule has 1 aromatic heterocycles. The van der Waals surface area contributed by atoms with Gasteiger partial charge in [0.2, 0.25) is 10.9 Å². The van der Waals surface area contributed by atoms with Gasteiger partial charge >= 0.3 is 0 Å². The van der Waals surface area contributed by atoms with Crippen molar-refractivity contribution in [2.75, 3.05) is 12.4 Å². The van der Waals surface area contributed by atoms with Gasteiger partial charge in [-0.05, 0) is 36.8 Å². The zero-order chi connectivity index (χ0) is 20.6. The second-order valence-electron chi connectivity index (χ2n) is 6.45. The van der Waals surface area contributed by atoms with Gasteiger partial charge in [0.1, 0.15) is 10.8 Å². The van der Waals surface area contributed by atoms with Gasteiger partial charge in [-0.2, -0.15) is 0 Å². The molecule has 0 unspecified atom stereocenters. The minimum Gasteiger partial charge on any atom is -0.497 e. The van der Waals surface area contributed by atoms with Crippen molar-refractivity contribution in [2.24, 2.45) is 0 Å². The highest BCUT2D eigenvalue weighted by Gasteiger charge is 2.14. The fourth-order valence-electron chi connectivity index (χ4n) is 2.52. The molecule has 0 bridgehead atoms. The van der Waals surface area contributed by atoms with Crippen molar-refractivity contribution in [3.05, 3.63) is 69.7 Å². The lowest BCUT2D eigenvalue weighted by Crippen LogP contribution is -2.22. The molecule has 0 atom stereocenters. The molecule has 0 spiro atoms. The quantitative estimate of drug-likeness (QED) is 0.594. The molecule has 29 heavy (non-hydrogen) atoms. The van der Waals surface area contributed by atoms with E-state index in [1.807, 2.05) is 55.5 Å². The number of carbonyl (C=O) groups excluding carboxylic acids is 2. The SMILES string of the molecule is COc1ccc(CNC(=O)CCc2nnc(C(=O)Nc3ccc(C)cc3)s2)cc1. The first kappa shape index (κ1) is 20.5.